The SMILES string of the molecule is CC(=O)Oc1ccccc1C(=O)O.CCOC(=O)C1=C(COCCN)NC(C)=C(C(=O)OC)C1c1ccccc1Cl. The summed E-state index contributed by atoms with van der Waals surface area (Å²) in [6, 6.07) is 13.0. The van der Waals surface area contributed by atoms with Crippen molar-refractivity contribution in [1.82, 2.24) is 5.32 Å². The average Bonchev–Trinajstić information content (AvgIpc) is 2.93. The van der Waals surface area contributed by atoms with Crippen LogP contribution in [0.2, 0.25) is 5.02 Å². The predicted molar refractivity (Wildman–Crippen MR) is 150 cm³/mol. The van der Waals surface area contributed by atoms with Crippen molar-refractivity contribution in [1.29, 1.82) is 0 Å². The monoisotopic (exact) mass is 588 g/mol. The van der Waals surface area contributed by atoms with Crippen LogP contribution in [0.1, 0.15) is 42.6 Å². The Balaban J connectivity index is 0.000000377. The number of benzene rings is 2. The van der Waals surface area contributed by atoms with Crippen LogP contribution in [0, 0.1) is 0 Å². The lowest BCUT2D eigenvalue weighted by Gasteiger charge is -2.31. The zero-order valence-corrected chi connectivity index (χ0v) is 23.9. The Hall–Kier alpha value is -4.19. The summed E-state index contributed by atoms with van der Waals surface area (Å²) in [6.07, 6.45) is 0. The fraction of sp³-hybridized carbons (Fsp3) is 0.310. The lowest BCUT2D eigenvalue weighted by molar-refractivity contribution is -0.139. The molecule has 4 N–H and O–H groups in total. The molecule has 2 aromatic carbocycles. The highest BCUT2D eigenvalue weighted by Crippen LogP contribution is 2.41. The van der Waals surface area contributed by atoms with E-state index in [4.69, 9.17) is 36.7 Å². The number of carboxylic acid groups (broad SMARTS) is 1. The molecule has 11 nitrogen and oxygen atoms in total. The van der Waals surface area contributed by atoms with E-state index in [1.807, 2.05) is 0 Å². The van der Waals surface area contributed by atoms with E-state index in [-0.39, 0.29) is 30.1 Å². The largest absolute Gasteiger partial charge is 0.478 e. The number of nitrogens with one attached hydrogen (secondary N) is 1. The number of carbonyl (C=O) groups excluding carboxylic acids is 3. The highest BCUT2D eigenvalue weighted by Gasteiger charge is 2.39. The van der Waals surface area contributed by atoms with Crippen LogP contribution in [-0.2, 0) is 28.6 Å². The van der Waals surface area contributed by atoms with E-state index in [0.29, 0.717) is 40.7 Å². The van der Waals surface area contributed by atoms with E-state index < -0.39 is 29.8 Å². The standard InChI is InChI=1S/C20H25ClN2O5.C9H8O4/c1-4-28-20(25)18-15(11-27-10-9-22)23-12(2)16(19(24)26-3)17(18)13-7-5-6-8-14(13)21;1-6(10)13-8-5-3-2-4-7(8)9(11)12/h5-8,17,23H,4,9-11,22H2,1-3H3;2-5H,1H3,(H,11,12). The van der Waals surface area contributed by atoms with E-state index >= 15 is 0 Å². The van der Waals surface area contributed by atoms with E-state index in [1.165, 1.54) is 26.2 Å². The van der Waals surface area contributed by atoms with E-state index in [2.05, 4.69) is 10.1 Å². The number of carboxylic acids is 1. The molecule has 1 aliphatic rings. The maximum absolute atomic E-state index is 12.9. The molecule has 2 aromatic rings. The summed E-state index contributed by atoms with van der Waals surface area (Å²) >= 11 is 6.42. The van der Waals surface area contributed by atoms with Crippen molar-refractivity contribution < 1.29 is 43.2 Å². The topological polar surface area (TPSA) is 163 Å². The van der Waals surface area contributed by atoms with Crippen LogP contribution in [0.3, 0.4) is 0 Å². The molecular formula is C29H33ClN2O9. The Bertz CT molecular complexity index is 1340. The van der Waals surface area contributed by atoms with Gasteiger partial charge in [0.15, 0.2) is 0 Å². The molecule has 0 amide bonds. The smallest absolute Gasteiger partial charge is 0.339 e. The van der Waals surface area contributed by atoms with Crippen LogP contribution < -0.4 is 15.8 Å². The number of para-hydroxylation sites is 1. The van der Waals surface area contributed by atoms with Crippen molar-refractivity contribution in [3.63, 3.8) is 0 Å². The Morgan fingerprint density at radius 3 is 2.27 bits per heavy atom. The molecule has 41 heavy (non-hydrogen) atoms. The van der Waals surface area contributed by atoms with Crippen LogP contribution >= 0.6 is 11.6 Å². The molecule has 0 saturated heterocycles. The number of aromatic carboxylic acids is 1. The van der Waals surface area contributed by atoms with Gasteiger partial charge in [0, 0.05) is 24.2 Å². The summed E-state index contributed by atoms with van der Waals surface area (Å²) in [5.41, 5.74) is 7.68. The maximum atomic E-state index is 12.9. The third-order valence-corrected chi connectivity index (χ3v) is 5.99. The minimum Gasteiger partial charge on any atom is -0.478 e. The molecule has 1 atom stereocenters. The summed E-state index contributed by atoms with van der Waals surface area (Å²) in [5, 5.41) is 12.2. The lowest BCUT2D eigenvalue weighted by atomic mass is 9.80. The number of rotatable bonds is 10. The molecule has 1 heterocycles. The molecule has 0 bridgehead atoms. The van der Waals surface area contributed by atoms with Gasteiger partial charge in [-0.2, -0.15) is 0 Å². The molecular weight excluding hydrogens is 556 g/mol. The van der Waals surface area contributed by atoms with Gasteiger partial charge in [-0.05, 0) is 37.6 Å². The first-order valence-electron chi connectivity index (χ1n) is 12.6. The second-order valence-corrected chi connectivity index (χ2v) is 8.87. The Morgan fingerprint density at radius 2 is 1.68 bits per heavy atom. The van der Waals surface area contributed by atoms with Gasteiger partial charge in [-0.15, -0.1) is 0 Å². The van der Waals surface area contributed by atoms with Crippen molar-refractivity contribution in [2.45, 2.75) is 26.7 Å². The number of methoxy groups -OCH3 is 1. The predicted octanol–water partition coefficient (Wildman–Crippen LogP) is 3.58. The van der Waals surface area contributed by atoms with Gasteiger partial charge < -0.3 is 35.1 Å². The van der Waals surface area contributed by atoms with Gasteiger partial charge in [-0.25, -0.2) is 14.4 Å². The first kappa shape index (κ1) is 33.0. The first-order chi connectivity index (χ1) is 19.6. The van der Waals surface area contributed by atoms with Crippen molar-refractivity contribution in [3.05, 3.63) is 87.2 Å². The minimum absolute atomic E-state index is 0.0160. The van der Waals surface area contributed by atoms with Crippen LogP contribution in [0.15, 0.2) is 71.1 Å². The summed E-state index contributed by atoms with van der Waals surface area (Å²) < 4.78 is 20.5. The fourth-order valence-corrected chi connectivity index (χ4v) is 4.25. The third-order valence-electron chi connectivity index (χ3n) is 5.64. The third kappa shape index (κ3) is 8.90. The normalized spacial score (nSPS) is 14.3. The zero-order valence-electron chi connectivity index (χ0n) is 23.2. The van der Waals surface area contributed by atoms with Crippen LogP contribution in [0.5, 0.6) is 5.75 Å². The Morgan fingerprint density at radius 1 is 1.02 bits per heavy atom. The van der Waals surface area contributed by atoms with Gasteiger partial charge in [0.25, 0.3) is 0 Å². The number of hydrogen-bond donors (Lipinski definition) is 3. The highest BCUT2D eigenvalue weighted by molar-refractivity contribution is 6.31. The maximum Gasteiger partial charge on any atom is 0.339 e. The minimum atomic E-state index is -1.11. The number of dihydropyridines is 1. The van der Waals surface area contributed by atoms with Crippen LogP contribution in [0.4, 0.5) is 0 Å². The van der Waals surface area contributed by atoms with Gasteiger partial charge >= 0.3 is 23.9 Å². The van der Waals surface area contributed by atoms with E-state index in [0.717, 1.165) is 0 Å². The molecule has 0 saturated carbocycles. The number of hydrogen-bond acceptors (Lipinski definition) is 10. The van der Waals surface area contributed by atoms with Gasteiger partial charge in [-0.3, -0.25) is 4.79 Å². The van der Waals surface area contributed by atoms with Gasteiger partial charge in [-0.1, -0.05) is 41.9 Å². The molecule has 0 aliphatic carbocycles. The molecule has 12 heteroatoms. The van der Waals surface area contributed by atoms with Crippen molar-refractivity contribution >= 4 is 35.5 Å². The van der Waals surface area contributed by atoms with E-state index in [1.54, 1.807) is 50.2 Å². The lowest BCUT2D eigenvalue weighted by Crippen LogP contribution is -2.35. The fourth-order valence-electron chi connectivity index (χ4n) is 4.01. The molecule has 220 valence electrons. The average molecular weight is 589 g/mol. The van der Waals surface area contributed by atoms with Crippen molar-refractivity contribution in [2.24, 2.45) is 5.73 Å². The van der Waals surface area contributed by atoms with Gasteiger partial charge in [0.05, 0.1) is 49.7 Å². The summed E-state index contributed by atoms with van der Waals surface area (Å²) in [4.78, 5) is 46.6. The van der Waals surface area contributed by atoms with Crippen molar-refractivity contribution in [2.75, 3.05) is 33.5 Å². The quantitative estimate of drug-likeness (QED) is 0.211. The second-order valence-electron chi connectivity index (χ2n) is 8.46. The number of carbonyl (C=O) groups is 4. The molecule has 0 aromatic heterocycles. The molecule has 0 radical (unpaired) electrons. The number of nitrogens with two attached hydrogens (primary N) is 1. The number of halogens is 1. The molecule has 0 fully saturated rings. The number of esters is 3. The van der Waals surface area contributed by atoms with Gasteiger partial charge in [0.2, 0.25) is 0 Å². The molecule has 0 spiro atoms. The Labute approximate surface area is 242 Å². The molecule has 3 rings (SSSR count). The highest BCUT2D eigenvalue weighted by atomic mass is 35.5. The summed E-state index contributed by atoms with van der Waals surface area (Å²) in [5.74, 6) is -3.44. The number of allylic oxidation sites excluding steroid dienone is 1. The van der Waals surface area contributed by atoms with Crippen LogP contribution in [-0.4, -0.2) is 62.5 Å². The van der Waals surface area contributed by atoms with Crippen LogP contribution in [0.25, 0.3) is 0 Å². The summed E-state index contributed by atoms with van der Waals surface area (Å²) in [7, 11) is 1.29. The zero-order chi connectivity index (χ0) is 30.5. The molecule has 1 unspecified atom stereocenters. The van der Waals surface area contributed by atoms with Crippen molar-refractivity contribution in [3.8, 4) is 5.75 Å². The van der Waals surface area contributed by atoms with E-state index in [9.17, 15) is 19.2 Å². The summed E-state index contributed by atoms with van der Waals surface area (Å²) in [6.45, 7) is 5.64. The van der Waals surface area contributed by atoms with Gasteiger partial charge in [0.1, 0.15) is 11.3 Å². The second kappa shape index (κ2) is 16.2. The number of ether oxygens (including phenoxy) is 4. The first-order valence-corrected chi connectivity index (χ1v) is 12.9. The Kier molecular flexibility index (Phi) is 13.0. The molecule has 1 aliphatic heterocycles.